The number of aryl methyl sites for hydroxylation is 1. The van der Waals surface area contributed by atoms with Crippen molar-refractivity contribution in [3.8, 4) is 0 Å². The lowest BCUT2D eigenvalue weighted by atomic mass is 10.2. The van der Waals surface area contributed by atoms with Gasteiger partial charge in [-0.1, -0.05) is 6.08 Å². The second-order valence-electron chi connectivity index (χ2n) is 3.31. The van der Waals surface area contributed by atoms with Crippen LogP contribution in [-0.4, -0.2) is 17.4 Å². The fraction of sp³-hybridized carbons (Fsp3) is 0.250. The van der Waals surface area contributed by atoms with Crippen LogP contribution >= 0.6 is 34.4 Å². The number of anilines is 1. The molecule has 0 spiro atoms. The van der Waals surface area contributed by atoms with Crippen molar-refractivity contribution in [3.63, 3.8) is 0 Å². The minimum Gasteiger partial charge on any atom is -0.325 e. The highest BCUT2D eigenvalue weighted by Gasteiger charge is 2.04. The average molecular weight is 347 g/mol. The van der Waals surface area contributed by atoms with E-state index in [0.29, 0.717) is 5.75 Å². The molecule has 0 aliphatic carbocycles. The van der Waals surface area contributed by atoms with Crippen LogP contribution in [0.1, 0.15) is 5.56 Å². The third kappa shape index (κ3) is 4.57. The number of carbonyl (C=O) groups is 1. The maximum Gasteiger partial charge on any atom is 0.234 e. The molecule has 1 aromatic rings. The van der Waals surface area contributed by atoms with Crippen molar-refractivity contribution in [3.05, 3.63) is 40.0 Å². The molecule has 4 heteroatoms. The summed E-state index contributed by atoms with van der Waals surface area (Å²) < 4.78 is 1.18. The molecule has 0 bridgehead atoms. The molecular weight excluding hydrogens is 333 g/mol. The van der Waals surface area contributed by atoms with E-state index >= 15 is 0 Å². The predicted molar refractivity (Wildman–Crippen MR) is 80.0 cm³/mol. The molecule has 0 atom stereocenters. The zero-order valence-corrected chi connectivity index (χ0v) is 12.1. The van der Waals surface area contributed by atoms with Gasteiger partial charge in [-0.15, -0.1) is 18.3 Å². The molecule has 2 nitrogen and oxygen atoms in total. The van der Waals surface area contributed by atoms with Gasteiger partial charge in [0.15, 0.2) is 0 Å². The molecule has 0 unspecified atom stereocenters. The summed E-state index contributed by atoms with van der Waals surface area (Å²) in [6.45, 7) is 5.61. The second kappa shape index (κ2) is 6.96. The van der Waals surface area contributed by atoms with E-state index in [1.165, 1.54) is 3.57 Å². The average Bonchev–Trinajstić information content (AvgIpc) is 2.23. The lowest BCUT2D eigenvalue weighted by Gasteiger charge is -2.08. The van der Waals surface area contributed by atoms with E-state index in [2.05, 4.69) is 34.5 Å². The largest absolute Gasteiger partial charge is 0.325 e. The Bertz CT molecular complexity index is 393. The topological polar surface area (TPSA) is 29.1 Å². The third-order valence-electron chi connectivity index (χ3n) is 1.93. The van der Waals surface area contributed by atoms with Crippen molar-refractivity contribution in [1.29, 1.82) is 0 Å². The lowest BCUT2D eigenvalue weighted by Crippen LogP contribution is -2.15. The van der Waals surface area contributed by atoms with Crippen molar-refractivity contribution in [2.24, 2.45) is 0 Å². The van der Waals surface area contributed by atoms with Crippen molar-refractivity contribution in [2.75, 3.05) is 16.8 Å². The molecule has 0 aliphatic rings. The summed E-state index contributed by atoms with van der Waals surface area (Å²) in [5, 5.41) is 2.90. The van der Waals surface area contributed by atoms with Gasteiger partial charge >= 0.3 is 0 Å². The summed E-state index contributed by atoms with van der Waals surface area (Å²) in [6, 6.07) is 5.97. The molecule has 0 aromatic heterocycles. The Morgan fingerprint density at radius 2 is 2.38 bits per heavy atom. The van der Waals surface area contributed by atoms with Gasteiger partial charge in [-0.2, -0.15) is 0 Å². The maximum absolute atomic E-state index is 11.6. The minimum atomic E-state index is 0.0381. The van der Waals surface area contributed by atoms with Crippen LogP contribution in [0.4, 0.5) is 5.69 Å². The van der Waals surface area contributed by atoms with E-state index in [-0.39, 0.29) is 5.91 Å². The second-order valence-corrected chi connectivity index (χ2v) is 5.59. The standard InChI is InChI=1S/C12H14INOS/c1-3-6-16-8-12(15)14-11-5-4-10(13)7-9(11)2/h3-5,7H,1,6,8H2,2H3,(H,14,15). The maximum atomic E-state index is 11.6. The highest BCUT2D eigenvalue weighted by atomic mass is 127. The third-order valence-corrected chi connectivity index (χ3v) is 3.54. The van der Waals surface area contributed by atoms with E-state index < -0.39 is 0 Å². The van der Waals surface area contributed by atoms with E-state index in [1.807, 2.05) is 25.1 Å². The molecule has 0 aliphatic heterocycles. The molecule has 0 heterocycles. The molecule has 0 fully saturated rings. The number of benzene rings is 1. The molecule has 0 saturated carbocycles. The number of carbonyl (C=O) groups excluding carboxylic acids is 1. The molecule has 1 amide bonds. The van der Waals surface area contributed by atoms with Crippen LogP contribution in [0.15, 0.2) is 30.9 Å². The number of amides is 1. The summed E-state index contributed by atoms with van der Waals surface area (Å²) in [5.74, 6) is 1.31. The molecule has 16 heavy (non-hydrogen) atoms. The van der Waals surface area contributed by atoms with Gasteiger partial charge in [-0.25, -0.2) is 0 Å². The summed E-state index contributed by atoms with van der Waals surface area (Å²) in [5.41, 5.74) is 1.98. The van der Waals surface area contributed by atoms with Gasteiger partial charge in [0, 0.05) is 15.0 Å². The van der Waals surface area contributed by atoms with Crippen LogP contribution in [0.2, 0.25) is 0 Å². The van der Waals surface area contributed by atoms with Gasteiger partial charge in [-0.05, 0) is 53.3 Å². The van der Waals surface area contributed by atoms with E-state index in [9.17, 15) is 4.79 Å². The first-order valence-corrected chi connectivity index (χ1v) is 7.11. The molecule has 1 N–H and O–H groups in total. The first-order valence-electron chi connectivity index (χ1n) is 4.88. The SMILES string of the molecule is C=CCSCC(=O)Nc1ccc(I)cc1C. The van der Waals surface area contributed by atoms with Crippen LogP contribution in [0.25, 0.3) is 0 Å². The first kappa shape index (κ1) is 13.6. The number of hydrogen-bond donors (Lipinski definition) is 1. The number of rotatable bonds is 5. The van der Waals surface area contributed by atoms with Crippen LogP contribution in [0.3, 0.4) is 0 Å². The highest BCUT2D eigenvalue weighted by Crippen LogP contribution is 2.17. The predicted octanol–water partition coefficient (Wildman–Crippen LogP) is 3.46. The van der Waals surface area contributed by atoms with Crippen molar-refractivity contribution >= 4 is 45.9 Å². The first-order chi connectivity index (χ1) is 7.63. The zero-order chi connectivity index (χ0) is 12.0. The molecule has 0 radical (unpaired) electrons. The Hall–Kier alpha value is -0.490. The number of thioether (sulfide) groups is 1. The number of nitrogens with one attached hydrogen (secondary N) is 1. The van der Waals surface area contributed by atoms with Gasteiger partial charge in [0.25, 0.3) is 0 Å². The lowest BCUT2D eigenvalue weighted by molar-refractivity contribution is -0.113. The Balaban J connectivity index is 2.52. The van der Waals surface area contributed by atoms with Gasteiger partial charge in [0.1, 0.15) is 0 Å². The normalized spacial score (nSPS) is 9.88. The number of halogens is 1. The molecule has 1 aromatic carbocycles. The molecule has 1 rings (SSSR count). The molecule has 0 saturated heterocycles. The highest BCUT2D eigenvalue weighted by molar-refractivity contribution is 14.1. The van der Waals surface area contributed by atoms with Gasteiger partial charge in [0.2, 0.25) is 5.91 Å². The van der Waals surface area contributed by atoms with E-state index in [0.717, 1.165) is 17.0 Å². The monoisotopic (exact) mass is 347 g/mol. The summed E-state index contributed by atoms with van der Waals surface area (Å²) >= 11 is 3.81. The van der Waals surface area contributed by atoms with Crippen molar-refractivity contribution in [1.82, 2.24) is 0 Å². The molecular formula is C12H14INOS. The number of hydrogen-bond acceptors (Lipinski definition) is 2. The smallest absolute Gasteiger partial charge is 0.234 e. The van der Waals surface area contributed by atoms with Crippen LogP contribution < -0.4 is 5.32 Å². The van der Waals surface area contributed by atoms with Gasteiger partial charge < -0.3 is 5.32 Å². The van der Waals surface area contributed by atoms with Crippen molar-refractivity contribution < 1.29 is 4.79 Å². The Morgan fingerprint density at radius 1 is 1.62 bits per heavy atom. The zero-order valence-electron chi connectivity index (χ0n) is 9.13. The fourth-order valence-corrected chi connectivity index (χ4v) is 2.38. The van der Waals surface area contributed by atoms with Gasteiger partial charge in [-0.3, -0.25) is 4.79 Å². The van der Waals surface area contributed by atoms with Crippen LogP contribution in [0, 0.1) is 10.5 Å². The van der Waals surface area contributed by atoms with E-state index in [1.54, 1.807) is 17.8 Å². The Morgan fingerprint density at radius 3 is 3.00 bits per heavy atom. The Labute approximate surface area is 114 Å². The van der Waals surface area contributed by atoms with Gasteiger partial charge in [0.05, 0.1) is 5.75 Å². The Kier molecular flexibility index (Phi) is 5.90. The van der Waals surface area contributed by atoms with Crippen LogP contribution in [-0.2, 0) is 4.79 Å². The van der Waals surface area contributed by atoms with Crippen molar-refractivity contribution in [2.45, 2.75) is 6.92 Å². The summed E-state index contributed by atoms with van der Waals surface area (Å²) in [7, 11) is 0. The summed E-state index contributed by atoms with van der Waals surface area (Å²) in [4.78, 5) is 11.6. The fourth-order valence-electron chi connectivity index (χ4n) is 1.19. The summed E-state index contributed by atoms with van der Waals surface area (Å²) in [6.07, 6.45) is 1.80. The minimum absolute atomic E-state index is 0.0381. The van der Waals surface area contributed by atoms with Crippen LogP contribution in [0.5, 0.6) is 0 Å². The molecule has 86 valence electrons. The quantitative estimate of drug-likeness (QED) is 0.502. The van der Waals surface area contributed by atoms with E-state index in [4.69, 9.17) is 0 Å².